The number of rotatable bonds is 9. The van der Waals surface area contributed by atoms with Crippen LogP contribution in [0.2, 0.25) is 5.02 Å². The van der Waals surface area contributed by atoms with Crippen molar-refractivity contribution in [2.24, 2.45) is 0 Å². The largest absolute Gasteiger partial charge is 0.477 e. The smallest absolute Gasteiger partial charge is 0.233 e. The van der Waals surface area contributed by atoms with E-state index in [9.17, 15) is 20.4 Å². The molecular weight excluding hydrogens is 424 g/mol. The van der Waals surface area contributed by atoms with E-state index >= 15 is 0 Å². The molecule has 1 aromatic heterocycles. The van der Waals surface area contributed by atoms with E-state index in [1.807, 2.05) is 6.07 Å². The molecule has 4 N–H and O–H groups in total. The highest BCUT2D eigenvalue weighted by Gasteiger charge is 2.44. The van der Waals surface area contributed by atoms with Crippen molar-refractivity contribution >= 4 is 11.6 Å². The Labute approximate surface area is 186 Å². The highest BCUT2D eigenvalue weighted by molar-refractivity contribution is 6.31. The summed E-state index contributed by atoms with van der Waals surface area (Å²) in [6, 6.07) is 8.69. The number of aromatic nitrogens is 2. The summed E-state index contributed by atoms with van der Waals surface area (Å²) in [4.78, 5) is 0. The molecule has 8 nitrogen and oxygen atoms in total. The molecule has 170 valence electrons. The van der Waals surface area contributed by atoms with Crippen LogP contribution in [0.25, 0.3) is 0 Å². The number of aliphatic hydroxyl groups is 4. The topological polar surface area (TPSA) is 125 Å². The lowest BCUT2D eigenvalue weighted by Gasteiger charge is -2.40. The molecule has 1 saturated heterocycles. The molecule has 5 atom stereocenters. The van der Waals surface area contributed by atoms with Gasteiger partial charge in [-0.15, -0.1) is 5.10 Å². The minimum Gasteiger partial charge on any atom is -0.477 e. The molecule has 1 aromatic carbocycles. The number of nitrogens with zero attached hydrogens (tertiary/aromatic N) is 2. The summed E-state index contributed by atoms with van der Waals surface area (Å²) < 4.78 is 11.2. The lowest BCUT2D eigenvalue weighted by Crippen LogP contribution is -2.55. The first-order valence-electron chi connectivity index (χ1n) is 10.5. The molecule has 0 aliphatic carbocycles. The molecule has 3 rings (SSSR count). The van der Waals surface area contributed by atoms with Gasteiger partial charge in [0.15, 0.2) is 0 Å². The minimum absolute atomic E-state index is 0.396. The van der Waals surface area contributed by atoms with Gasteiger partial charge >= 0.3 is 0 Å². The highest BCUT2D eigenvalue weighted by Crippen LogP contribution is 2.34. The number of benzene rings is 1. The number of aliphatic hydroxyl groups excluding tert-OH is 4. The fourth-order valence-electron chi connectivity index (χ4n) is 3.53. The van der Waals surface area contributed by atoms with Crippen LogP contribution in [0.4, 0.5) is 0 Å². The fourth-order valence-corrected chi connectivity index (χ4v) is 3.71. The first-order valence-corrected chi connectivity index (χ1v) is 10.9. The third-order valence-electron chi connectivity index (χ3n) is 5.36. The third kappa shape index (κ3) is 5.91. The van der Waals surface area contributed by atoms with Crippen molar-refractivity contribution in [1.29, 1.82) is 0 Å². The fraction of sp³-hybridized carbons (Fsp3) is 0.545. The Hall–Kier alpha value is -1.81. The molecule has 31 heavy (non-hydrogen) atoms. The summed E-state index contributed by atoms with van der Waals surface area (Å²) in [5.74, 6) is 0.473. The average molecular weight is 453 g/mol. The first kappa shape index (κ1) is 23.8. The maximum absolute atomic E-state index is 10.4. The number of halogens is 1. The molecule has 1 aliphatic rings. The van der Waals surface area contributed by atoms with Crippen LogP contribution in [0, 0.1) is 0 Å². The van der Waals surface area contributed by atoms with Crippen LogP contribution in [0.5, 0.6) is 5.88 Å². The van der Waals surface area contributed by atoms with E-state index < -0.39 is 37.1 Å². The standard InChI is InChI=1S/C22H29ClN2O6/c1-2-3-4-9-30-18-8-6-15(24-25-18)11-14-10-13(5-7-16(14)23)22-21(29)20(28)19(27)17(12-26)31-22/h5-8,10,17,19-22,26-29H,2-4,9,11-12H2,1H3. The molecule has 1 fully saturated rings. The van der Waals surface area contributed by atoms with Gasteiger partial charge in [0, 0.05) is 17.5 Å². The summed E-state index contributed by atoms with van der Waals surface area (Å²) in [5, 5.41) is 48.6. The van der Waals surface area contributed by atoms with Gasteiger partial charge in [-0.2, -0.15) is 5.10 Å². The van der Waals surface area contributed by atoms with E-state index in [0.717, 1.165) is 24.8 Å². The predicted octanol–water partition coefficient (Wildman–Crippen LogP) is 1.80. The van der Waals surface area contributed by atoms with Gasteiger partial charge in [-0.25, -0.2) is 0 Å². The van der Waals surface area contributed by atoms with E-state index in [1.54, 1.807) is 24.3 Å². The predicted molar refractivity (Wildman–Crippen MR) is 114 cm³/mol. The van der Waals surface area contributed by atoms with Crippen molar-refractivity contribution in [3.8, 4) is 5.88 Å². The van der Waals surface area contributed by atoms with E-state index in [-0.39, 0.29) is 0 Å². The van der Waals surface area contributed by atoms with Gasteiger partial charge in [-0.3, -0.25) is 0 Å². The van der Waals surface area contributed by atoms with Crippen LogP contribution < -0.4 is 4.74 Å². The molecule has 0 bridgehead atoms. The number of hydrogen-bond acceptors (Lipinski definition) is 8. The molecule has 0 radical (unpaired) electrons. The molecule has 9 heteroatoms. The van der Waals surface area contributed by atoms with E-state index in [0.29, 0.717) is 35.2 Å². The Bertz CT molecular complexity index is 835. The van der Waals surface area contributed by atoms with E-state index in [1.165, 1.54) is 0 Å². The molecule has 0 spiro atoms. The molecule has 0 saturated carbocycles. The van der Waals surface area contributed by atoms with Crippen molar-refractivity contribution < 1.29 is 29.9 Å². The van der Waals surface area contributed by atoms with E-state index in [2.05, 4.69) is 17.1 Å². The van der Waals surface area contributed by atoms with Crippen LogP contribution >= 0.6 is 11.6 Å². The summed E-state index contributed by atoms with van der Waals surface area (Å²) in [5.41, 5.74) is 2.00. The van der Waals surface area contributed by atoms with Gasteiger partial charge in [0.2, 0.25) is 5.88 Å². The lowest BCUT2D eigenvalue weighted by atomic mass is 9.90. The Kier molecular flexibility index (Phi) is 8.59. The van der Waals surface area contributed by atoms with Gasteiger partial charge in [0.25, 0.3) is 0 Å². The van der Waals surface area contributed by atoms with Gasteiger partial charge in [-0.05, 0) is 29.7 Å². The van der Waals surface area contributed by atoms with Crippen molar-refractivity contribution in [3.05, 3.63) is 52.2 Å². The second-order valence-electron chi connectivity index (χ2n) is 7.70. The van der Waals surface area contributed by atoms with Gasteiger partial charge in [0.05, 0.1) is 18.9 Å². The molecular formula is C22H29ClN2O6. The summed E-state index contributed by atoms with van der Waals surface area (Å²) in [6.07, 6.45) is -2.49. The Morgan fingerprint density at radius 1 is 1.03 bits per heavy atom. The van der Waals surface area contributed by atoms with Crippen molar-refractivity contribution in [1.82, 2.24) is 10.2 Å². The van der Waals surface area contributed by atoms with Crippen molar-refractivity contribution in [2.75, 3.05) is 13.2 Å². The number of ether oxygens (including phenoxy) is 2. The number of hydrogen-bond donors (Lipinski definition) is 4. The zero-order valence-electron chi connectivity index (χ0n) is 17.4. The third-order valence-corrected chi connectivity index (χ3v) is 5.72. The van der Waals surface area contributed by atoms with Crippen molar-refractivity contribution in [2.45, 2.75) is 63.1 Å². The molecule has 5 unspecified atom stereocenters. The second kappa shape index (κ2) is 11.2. The SMILES string of the molecule is CCCCCOc1ccc(Cc2cc(C3OC(CO)C(O)C(O)C3O)ccc2Cl)nn1. The quantitative estimate of drug-likeness (QED) is 0.424. The van der Waals surface area contributed by atoms with Crippen LogP contribution in [0.15, 0.2) is 30.3 Å². The summed E-state index contributed by atoms with van der Waals surface area (Å²) in [6.45, 7) is 2.26. The minimum atomic E-state index is -1.44. The molecule has 0 amide bonds. The summed E-state index contributed by atoms with van der Waals surface area (Å²) in [7, 11) is 0. The van der Waals surface area contributed by atoms with Gasteiger partial charge < -0.3 is 29.9 Å². The lowest BCUT2D eigenvalue weighted by molar-refractivity contribution is -0.231. The molecule has 2 aromatic rings. The average Bonchev–Trinajstić information content (AvgIpc) is 2.78. The number of unbranched alkanes of at least 4 members (excludes halogenated alkanes) is 2. The normalized spacial score (nSPS) is 26.1. The van der Waals surface area contributed by atoms with Gasteiger partial charge in [-0.1, -0.05) is 43.5 Å². The van der Waals surface area contributed by atoms with Crippen LogP contribution in [-0.4, -0.2) is 68.3 Å². The van der Waals surface area contributed by atoms with Gasteiger partial charge in [0.1, 0.15) is 30.5 Å². The maximum Gasteiger partial charge on any atom is 0.233 e. The van der Waals surface area contributed by atoms with Crippen LogP contribution in [0.3, 0.4) is 0 Å². The van der Waals surface area contributed by atoms with E-state index in [4.69, 9.17) is 21.1 Å². The Balaban J connectivity index is 1.71. The molecule has 2 heterocycles. The zero-order chi connectivity index (χ0) is 22.4. The Morgan fingerprint density at radius 2 is 1.84 bits per heavy atom. The second-order valence-corrected chi connectivity index (χ2v) is 8.10. The molecule has 1 aliphatic heterocycles. The monoisotopic (exact) mass is 452 g/mol. The highest BCUT2D eigenvalue weighted by atomic mass is 35.5. The Morgan fingerprint density at radius 3 is 2.52 bits per heavy atom. The van der Waals surface area contributed by atoms with Crippen molar-refractivity contribution in [3.63, 3.8) is 0 Å². The van der Waals surface area contributed by atoms with Crippen LogP contribution in [-0.2, 0) is 11.2 Å². The maximum atomic E-state index is 10.4. The zero-order valence-corrected chi connectivity index (χ0v) is 18.1. The first-order chi connectivity index (χ1) is 14.9. The van der Waals surface area contributed by atoms with Crippen LogP contribution in [0.1, 0.15) is 49.1 Å². The summed E-state index contributed by atoms with van der Waals surface area (Å²) >= 11 is 6.35.